The van der Waals surface area contributed by atoms with E-state index in [9.17, 15) is 5.11 Å². The van der Waals surface area contributed by atoms with Crippen LogP contribution in [0.4, 0.5) is 0 Å². The fraction of sp³-hybridized carbons (Fsp3) is 0.647. The zero-order valence-electron chi connectivity index (χ0n) is 14.5. The molecule has 0 bridgehead atoms. The second-order valence-electron chi connectivity index (χ2n) is 6.10. The first-order valence-corrected chi connectivity index (χ1v) is 8.31. The summed E-state index contributed by atoms with van der Waals surface area (Å²) in [5, 5.41) is 16.0. The molecule has 1 unspecified atom stereocenters. The van der Waals surface area contributed by atoms with Crippen LogP contribution in [-0.4, -0.2) is 49.0 Å². The third-order valence-corrected chi connectivity index (χ3v) is 4.15. The van der Waals surface area contributed by atoms with Crippen LogP contribution < -0.4 is 10.6 Å². The summed E-state index contributed by atoms with van der Waals surface area (Å²) < 4.78 is 5.53. The van der Waals surface area contributed by atoms with Crippen LogP contribution in [0.15, 0.2) is 23.2 Å². The summed E-state index contributed by atoms with van der Waals surface area (Å²) >= 11 is 0. The lowest BCUT2D eigenvalue weighted by Gasteiger charge is -2.27. The third kappa shape index (κ3) is 6.52. The van der Waals surface area contributed by atoms with E-state index in [4.69, 9.17) is 4.74 Å². The minimum absolute atomic E-state index is 0. The number of pyridine rings is 1. The first-order valence-electron chi connectivity index (χ1n) is 8.31. The number of aromatic nitrogens is 1. The molecule has 1 fully saturated rings. The first kappa shape index (κ1) is 21.1. The van der Waals surface area contributed by atoms with Crippen molar-refractivity contribution in [3.8, 4) is 0 Å². The highest BCUT2D eigenvalue weighted by Crippen LogP contribution is 2.31. The number of nitrogens with zero attached hydrogens (tertiary/aromatic N) is 2. The van der Waals surface area contributed by atoms with E-state index in [0.29, 0.717) is 13.2 Å². The van der Waals surface area contributed by atoms with Crippen LogP contribution in [0.3, 0.4) is 0 Å². The number of rotatable bonds is 7. The predicted molar refractivity (Wildman–Crippen MR) is 107 cm³/mol. The van der Waals surface area contributed by atoms with Gasteiger partial charge in [0.1, 0.15) is 0 Å². The molecule has 1 saturated heterocycles. The molecule has 7 heteroatoms. The van der Waals surface area contributed by atoms with Crippen molar-refractivity contribution >= 4 is 29.9 Å². The smallest absolute Gasteiger partial charge is 0.191 e. The molecule has 0 radical (unpaired) electrons. The van der Waals surface area contributed by atoms with Gasteiger partial charge in [0.25, 0.3) is 0 Å². The predicted octanol–water partition coefficient (Wildman–Crippen LogP) is 1.85. The molecule has 2 heterocycles. The zero-order valence-corrected chi connectivity index (χ0v) is 16.9. The molecule has 3 N–H and O–H groups in total. The zero-order chi connectivity index (χ0) is 16.5. The second-order valence-corrected chi connectivity index (χ2v) is 6.10. The molecule has 1 aromatic rings. The van der Waals surface area contributed by atoms with Crippen molar-refractivity contribution in [2.45, 2.75) is 33.2 Å². The van der Waals surface area contributed by atoms with E-state index < -0.39 is 0 Å². The lowest BCUT2D eigenvalue weighted by Crippen LogP contribution is -2.44. The lowest BCUT2D eigenvalue weighted by atomic mass is 9.84. The third-order valence-electron chi connectivity index (χ3n) is 4.15. The quantitative estimate of drug-likeness (QED) is 0.337. The summed E-state index contributed by atoms with van der Waals surface area (Å²) in [6, 6.07) is 5.97. The Kier molecular flexibility index (Phi) is 9.53. The summed E-state index contributed by atoms with van der Waals surface area (Å²) in [4.78, 5) is 9.08. The van der Waals surface area contributed by atoms with Gasteiger partial charge in [-0.05, 0) is 38.8 Å². The maximum absolute atomic E-state index is 9.30. The van der Waals surface area contributed by atoms with Crippen molar-refractivity contribution in [1.29, 1.82) is 0 Å². The highest BCUT2D eigenvalue weighted by Gasteiger charge is 2.34. The Hall–Kier alpha value is -0.930. The molecular formula is C17H29IN4O2. The topological polar surface area (TPSA) is 78.8 Å². The van der Waals surface area contributed by atoms with Crippen LogP contribution in [0.1, 0.15) is 31.2 Å². The number of halogens is 1. The van der Waals surface area contributed by atoms with Crippen molar-refractivity contribution < 1.29 is 9.84 Å². The Morgan fingerprint density at radius 3 is 2.88 bits per heavy atom. The first-order chi connectivity index (χ1) is 11.2. The van der Waals surface area contributed by atoms with E-state index in [0.717, 1.165) is 49.9 Å². The summed E-state index contributed by atoms with van der Waals surface area (Å²) in [5.41, 5.74) is 1.96. The van der Waals surface area contributed by atoms with Gasteiger partial charge in [-0.1, -0.05) is 6.07 Å². The van der Waals surface area contributed by atoms with E-state index in [-0.39, 0.29) is 36.0 Å². The Balaban J connectivity index is 0.00000288. The number of aliphatic hydroxyl groups is 1. The average Bonchev–Trinajstić information content (AvgIpc) is 2.99. The summed E-state index contributed by atoms with van der Waals surface area (Å²) in [5.74, 6) is 0.778. The monoisotopic (exact) mass is 448 g/mol. The van der Waals surface area contributed by atoms with Gasteiger partial charge >= 0.3 is 0 Å². The maximum atomic E-state index is 9.30. The standard InChI is InChI=1S/C17H28N4O2.HI/c1-3-18-16(19-11-15-6-4-5-14(2)21-15)20-12-17(7-9-22)8-10-23-13-17;/h4-6,22H,3,7-13H2,1-2H3,(H2,18,19,20);1H. The van der Waals surface area contributed by atoms with Gasteiger partial charge in [0.2, 0.25) is 0 Å². The maximum Gasteiger partial charge on any atom is 0.191 e. The minimum atomic E-state index is 0. The van der Waals surface area contributed by atoms with Gasteiger partial charge in [0, 0.05) is 37.4 Å². The SMILES string of the molecule is CCNC(=NCc1cccc(C)n1)NCC1(CCO)CCOC1.I. The molecule has 1 aromatic heterocycles. The number of guanidine groups is 1. The molecule has 1 aliphatic rings. The molecular weight excluding hydrogens is 419 g/mol. The molecule has 0 spiro atoms. The molecule has 0 aromatic carbocycles. The van der Waals surface area contributed by atoms with Crippen molar-refractivity contribution in [2.24, 2.45) is 10.4 Å². The lowest BCUT2D eigenvalue weighted by molar-refractivity contribution is 0.127. The molecule has 2 rings (SSSR count). The van der Waals surface area contributed by atoms with Gasteiger partial charge in [-0.15, -0.1) is 24.0 Å². The second kappa shape index (κ2) is 10.8. The number of hydrogen-bond acceptors (Lipinski definition) is 4. The molecule has 1 atom stereocenters. The molecule has 0 saturated carbocycles. The summed E-state index contributed by atoms with van der Waals surface area (Å²) in [6.07, 6.45) is 1.72. The number of aliphatic imine (C=N–C) groups is 1. The van der Waals surface area contributed by atoms with Crippen LogP contribution in [0.2, 0.25) is 0 Å². The minimum Gasteiger partial charge on any atom is -0.396 e. The van der Waals surface area contributed by atoms with Crippen molar-refractivity contribution in [1.82, 2.24) is 15.6 Å². The van der Waals surface area contributed by atoms with Crippen molar-refractivity contribution in [2.75, 3.05) is 32.9 Å². The molecule has 1 aliphatic heterocycles. The van der Waals surface area contributed by atoms with Crippen LogP contribution in [-0.2, 0) is 11.3 Å². The fourth-order valence-corrected chi connectivity index (χ4v) is 2.77. The van der Waals surface area contributed by atoms with Crippen molar-refractivity contribution in [3.05, 3.63) is 29.6 Å². The number of ether oxygens (including phenoxy) is 1. The van der Waals surface area contributed by atoms with Crippen LogP contribution in [0, 0.1) is 12.3 Å². The fourth-order valence-electron chi connectivity index (χ4n) is 2.77. The van der Waals surface area contributed by atoms with Gasteiger partial charge in [-0.3, -0.25) is 4.98 Å². The normalized spacial score (nSPS) is 20.5. The Labute approximate surface area is 161 Å². The Morgan fingerprint density at radius 2 is 2.25 bits per heavy atom. The van der Waals surface area contributed by atoms with Crippen molar-refractivity contribution in [3.63, 3.8) is 0 Å². The van der Waals surface area contributed by atoms with E-state index in [1.54, 1.807) is 0 Å². The number of hydrogen-bond donors (Lipinski definition) is 3. The van der Waals surface area contributed by atoms with Gasteiger partial charge in [0.05, 0.1) is 18.8 Å². The Morgan fingerprint density at radius 1 is 1.42 bits per heavy atom. The molecule has 24 heavy (non-hydrogen) atoms. The Bertz CT molecular complexity index is 519. The van der Waals surface area contributed by atoms with E-state index in [1.165, 1.54) is 0 Å². The summed E-state index contributed by atoms with van der Waals surface area (Å²) in [6.45, 7) is 7.77. The number of aryl methyl sites for hydroxylation is 1. The molecule has 0 aliphatic carbocycles. The molecule has 0 amide bonds. The van der Waals surface area contributed by atoms with Gasteiger partial charge in [-0.25, -0.2) is 4.99 Å². The van der Waals surface area contributed by atoms with Crippen LogP contribution in [0.25, 0.3) is 0 Å². The molecule has 6 nitrogen and oxygen atoms in total. The van der Waals surface area contributed by atoms with Gasteiger partial charge < -0.3 is 20.5 Å². The summed E-state index contributed by atoms with van der Waals surface area (Å²) in [7, 11) is 0. The number of aliphatic hydroxyl groups excluding tert-OH is 1. The molecule has 136 valence electrons. The largest absolute Gasteiger partial charge is 0.396 e. The van der Waals surface area contributed by atoms with E-state index in [2.05, 4.69) is 20.6 Å². The highest BCUT2D eigenvalue weighted by atomic mass is 127. The van der Waals surface area contributed by atoms with Gasteiger partial charge in [-0.2, -0.15) is 0 Å². The van der Waals surface area contributed by atoms with E-state index in [1.807, 2.05) is 32.0 Å². The van der Waals surface area contributed by atoms with E-state index >= 15 is 0 Å². The number of nitrogens with one attached hydrogen (secondary N) is 2. The van der Waals surface area contributed by atoms with Crippen LogP contribution >= 0.6 is 24.0 Å². The average molecular weight is 448 g/mol. The van der Waals surface area contributed by atoms with Gasteiger partial charge in [0.15, 0.2) is 5.96 Å². The van der Waals surface area contributed by atoms with Crippen LogP contribution in [0.5, 0.6) is 0 Å². The highest BCUT2D eigenvalue weighted by molar-refractivity contribution is 14.0.